The Morgan fingerprint density at radius 3 is 1.83 bits per heavy atom. The Bertz CT molecular complexity index is 1310. The number of nitrogens with zero attached hydrogens (tertiary/aromatic N) is 6. The quantitative estimate of drug-likeness (QED) is 0.118. The molecule has 3 aromatic rings. The highest BCUT2D eigenvalue weighted by Gasteiger charge is 2.19. The van der Waals surface area contributed by atoms with Crippen LogP contribution in [0.2, 0.25) is 0 Å². The standard InChI is InChI=1S/C13H13N3O.C10H6O2.2N3/c14-10-7-6-9(11(15)12(10)16)13(17)8-4-2-1-3-5-8;11-9-6-5-7-3-1-2-4-8(7)10(9)12;2*1-3-2/h1-7H,14-16H2;1-6H;;/q;;2*-1. The molecule has 0 fully saturated rings. The second-order valence-corrected chi connectivity index (χ2v) is 6.52. The maximum Gasteiger partial charge on any atom is 0.233 e. The molecule has 0 saturated carbocycles. The Kier molecular flexibility index (Phi) is 10.8. The van der Waals surface area contributed by atoms with Crippen molar-refractivity contribution in [1.82, 2.24) is 0 Å². The molecule has 12 heteroatoms. The molecule has 1 aliphatic carbocycles. The molecule has 3 aromatic carbocycles. The fraction of sp³-hybridized carbons (Fsp3) is 0. The highest BCUT2D eigenvalue weighted by atomic mass is 16.2. The van der Waals surface area contributed by atoms with Crippen LogP contribution >= 0.6 is 0 Å². The van der Waals surface area contributed by atoms with Gasteiger partial charge < -0.3 is 39.3 Å². The van der Waals surface area contributed by atoms with E-state index in [1.54, 1.807) is 54.6 Å². The van der Waals surface area contributed by atoms with Gasteiger partial charge in [0.2, 0.25) is 11.6 Å². The van der Waals surface area contributed by atoms with E-state index in [9.17, 15) is 14.4 Å². The summed E-state index contributed by atoms with van der Waals surface area (Å²) in [7, 11) is 0. The lowest BCUT2D eigenvalue weighted by Crippen LogP contribution is -2.15. The topological polar surface area (TPSA) is 247 Å². The molecule has 0 unspecified atom stereocenters. The van der Waals surface area contributed by atoms with Crippen LogP contribution in [-0.4, -0.2) is 17.3 Å². The van der Waals surface area contributed by atoms with Gasteiger partial charge >= 0.3 is 0 Å². The molecule has 6 N–H and O–H groups in total. The van der Waals surface area contributed by atoms with Crippen molar-refractivity contribution in [3.63, 3.8) is 0 Å². The van der Waals surface area contributed by atoms with Gasteiger partial charge in [0.1, 0.15) is 0 Å². The molecular weight excluding hydrogens is 450 g/mol. The van der Waals surface area contributed by atoms with Crippen LogP contribution in [0, 0.1) is 0 Å². The third-order valence-corrected chi connectivity index (χ3v) is 4.44. The van der Waals surface area contributed by atoms with Crippen LogP contribution in [0.1, 0.15) is 31.8 Å². The Hall–Kier alpha value is -5.57. The molecule has 0 spiro atoms. The Labute approximate surface area is 199 Å². The number of nitrogens with two attached hydrogens (primary N) is 3. The lowest BCUT2D eigenvalue weighted by Gasteiger charge is -2.09. The van der Waals surface area contributed by atoms with Crippen LogP contribution in [0.25, 0.3) is 38.0 Å². The number of Topliss-reactive ketones (excluding diaryl/α,β-unsaturated/α-hetero) is 1. The first kappa shape index (κ1) is 27.5. The molecule has 1 aliphatic rings. The summed E-state index contributed by atoms with van der Waals surface area (Å²) >= 11 is 0. The number of carbonyl (C=O) groups excluding carboxylic acids is 3. The number of hydrogen-bond donors (Lipinski definition) is 3. The summed E-state index contributed by atoms with van der Waals surface area (Å²) in [5.74, 6) is -1.00. The fourth-order valence-electron chi connectivity index (χ4n) is 2.82. The number of ketones is 3. The van der Waals surface area contributed by atoms with Crippen molar-refractivity contribution in [1.29, 1.82) is 0 Å². The highest BCUT2D eigenvalue weighted by molar-refractivity contribution is 6.49. The van der Waals surface area contributed by atoms with E-state index in [0.717, 1.165) is 5.56 Å². The average Bonchev–Trinajstić information content (AvgIpc) is 2.87. The van der Waals surface area contributed by atoms with Crippen molar-refractivity contribution in [3.05, 3.63) is 127 Å². The van der Waals surface area contributed by atoms with Crippen molar-refractivity contribution < 1.29 is 14.4 Å². The summed E-state index contributed by atoms with van der Waals surface area (Å²) in [4.78, 5) is 37.3. The third-order valence-electron chi connectivity index (χ3n) is 4.44. The Morgan fingerprint density at radius 1 is 0.686 bits per heavy atom. The first-order valence-corrected chi connectivity index (χ1v) is 9.59. The summed E-state index contributed by atoms with van der Waals surface area (Å²) in [6.07, 6.45) is 2.98. The van der Waals surface area contributed by atoms with Gasteiger partial charge in [-0.3, -0.25) is 24.2 Å². The maximum atomic E-state index is 12.2. The second kappa shape index (κ2) is 13.8. The van der Waals surface area contributed by atoms with E-state index in [-0.39, 0.29) is 17.2 Å². The normalized spacial score (nSPS) is 10.4. The maximum absolute atomic E-state index is 12.2. The number of anilines is 3. The van der Waals surface area contributed by atoms with E-state index in [1.165, 1.54) is 15.9 Å². The molecule has 176 valence electrons. The van der Waals surface area contributed by atoms with Crippen LogP contribution < -0.4 is 17.2 Å². The zero-order valence-corrected chi connectivity index (χ0v) is 18.1. The van der Waals surface area contributed by atoms with Crippen molar-refractivity contribution in [2.24, 2.45) is 0 Å². The number of rotatable bonds is 2. The van der Waals surface area contributed by atoms with E-state index in [4.69, 9.17) is 39.3 Å². The highest BCUT2D eigenvalue weighted by Crippen LogP contribution is 2.27. The van der Waals surface area contributed by atoms with Gasteiger partial charge in [0.15, 0.2) is 5.78 Å². The second-order valence-electron chi connectivity index (χ2n) is 6.52. The van der Waals surface area contributed by atoms with Gasteiger partial charge in [-0.25, -0.2) is 0 Å². The zero-order valence-electron chi connectivity index (χ0n) is 18.1. The molecular formula is C23H19N9O3-2. The molecule has 0 heterocycles. The third kappa shape index (κ3) is 7.51. The van der Waals surface area contributed by atoms with Crippen LogP contribution in [0.15, 0.2) is 72.8 Å². The Balaban J connectivity index is 0.000000296. The van der Waals surface area contributed by atoms with E-state index in [1.807, 2.05) is 18.2 Å². The Morgan fingerprint density at radius 2 is 1.23 bits per heavy atom. The monoisotopic (exact) mass is 469 g/mol. The van der Waals surface area contributed by atoms with Crippen molar-refractivity contribution >= 4 is 40.5 Å². The molecule has 0 bridgehead atoms. The van der Waals surface area contributed by atoms with E-state index in [2.05, 4.69) is 0 Å². The number of benzene rings is 3. The van der Waals surface area contributed by atoms with Crippen LogP contribution in [0.4, 0.5) is 17.1 Å². The molecule has 35 heavy (non-hydrogen) atoms. The number of fused-ring (bicyclic) bond motifs is 1. The average molecular weight is 469 g/mol. The van der Waals surface area contributed by atoms with Crippen molar-refractivity contribution in [2.45, 2.75) is 0 Å². The minimum Gasteiger partial charge on any atom is -0.397 e. The molecule has 0 aliphatic heterocycles. The smallest absolute Gasteiger partial charge is 0.233 e. The molecule has 0 amide bonds. The summed E-state index contributed by atoms with van der Waals surface area (Å²) in [5.41, 5.74) is 47.3. The summed E-state index contributed by atoms with van der Waals surface area (Å²) in [6.45, 7) is 0. The zero-order chi connectivity index (χ0) is 26.4. The minimum absolute atomic E-state index is 0.158. The lowest BCUT2D eigenvalue weighted by atomic mass is 9.96. The molecule has 0 saturated heterocycles. The van der Waals surface area contributed by atoms with Crippen LogP contribution in [0.3, 0.4) is 0 Å². The van der Waals surface area contributed by atoms with Gasteiger partial charge in [0.25, 0.3) is 0 Å². The van der Waals surface area contributed by atoms with Crippen LogP contribution in [0.5, 0.6) is 0 Å². The van der Waals surface area contributed by atoms with Crippen molar-refractivity contribution in [3.8, 4) is 0 Å². The largest absolute Gasteiger partial charge is 0.397 e. The van der Waals surface area contributed by atoms with E-state index >= 15 is 0 Å². The van der Waals surface area contributed by atoms with Gasteiger partial charge in [-0.05, 0) is 23.8 Å². The first-order chi connectivity index (χ1) is 16.7. The SMILES string of the molecule is Nc1ccc(C(=O)c2ccccc2)c(N)c1N.O=C1C=Cc2ccccc2C1=O.[N-]=[N+]=[N-].[N-]=[N+]=[N-]. The first-order valence-electron chi connectivity index (χ1n) is 9.59. The van der Waals surface area contributed by atoms with Crippen LogP contribution in [-0.2, 0) is 4.79 Å². The number of nitrogen functional groups attached to an aromatic ring is 3. The number of allylic oxidation sites excluding steroid dienone is 1. The van der Waals surface area contributed by atoms with Gasteiger partial charge in [-0.15, -0.1) is 0 Å². The predicted octanol–water partition coefficient (Wildman–Crippen LogP) is 4.86. The molecule has 0 atom stereocenters. The van der Waals surface area contributed by atoms with E-state index in [0.29, 0.717) is 22.4 Å². The predicted molar refractivity (Wildman–Crippen MR) is 135 cm³/mol. The van der Waals surface area contributed by atoms with Crippen molar-refractivity contribution in [2.75, 3.05) is 17.2 Å². The molecule has 12 nitrogen and oxygen atoms in total. The van der Waals surface area contributed by atoms with Gasteiger partial charge in [0.05, 0.1) is 17.1 Å². The summed E-state index contributed by atoms with van der Waals surface area (Å²) in [6, 6.07) is 19.1. The minimum atomic E-state index is -0.436. The van der Waals surface area contributed by atoms with Gasteiger partial charge in [-0.2, -0.15) is 0 Å². The van der Waals surface area contributed by atoms with Gasteiger partial charge in [0, 0.05) is 16.7 Å². The number of carbonyl (C=O) groups is 3. The molecule has 4 rings (SSSR count). The summed E-state index contributed by atoms with van der Waals surface area (Å²) in [5, 5.41) is 0. The number of hydrogen-bond acceptors (Lipinski definition) is 6. The van der Waals surface area contributed by atoms with Gasteiger partial charge in [-0.1, -0.05) is 60.7 Å². The fourth-order valence-corrected chi connectivity index (χ4v) is 2.82. The lowest BCUT2D eigenvalue weighted by molar-refractivity contribution is -0.110. The van der Waals surface area contributed by atoms with E-state index < -0.39 is 11.6 Å². The summed E-state index contributed by atoms with van der Waals surface area (Å²) < 4.78 is 0. The molecule has 0 aromatic heterocycles. The molecule has 0 radical (unpaired) electrons.